The third-order valence-corrected chi connectivity index (χ3v) is 2.43. The zero-order chi connectivity index (χ0) is 14.6. The fraction of sp³-hybridized carbons (Fsp3) is 0.545. The third-order valence-electron chi connectivity index (χ3n) is 2.43. The van der Waals surface area contributed by atoms with Gasteiger partial charge in [-0.15, -0.1) is 0 Å². The summed E-state index contributed by atoms with van der Waals surface area (Å²) in [6, 6.07) is 0.793. The molecule has 0 saturated carbocycles. The summed E-state index contributed by atoms with van der Waals surface area (Å²) in [6.45, 7) is 1.77. The highest BCUT2D eigenvalue weighted by atomic mass is 19.4. The van der Waals surface area contributed by atoms with E-state index < -0.39 is 23.8 Å². The number of methoxy groups -OCH3 is 1. The number of carbonyl (C=O) groups excluding carboxylic acids is 1. The molecule has 1 aromatic heterocycles. The molecule has 1 unspecified atom stereocenters. The van der Waals surface area contributed by atoms with Crippen molar-refractivity contribution in [3.05, 3.63) is 18.0 Å². The van der Waals surface area contributed by atoms with E-state index in [0.29, 0.717) is 0 Å². The lowest BCUT2D eigenvalue weighted by molar-refractivity contribution is -0.144. The van der Waals surface area contributed by atoms with E-state index in [-0.39, 0.29) is 12.5 Å². The summed E-state index contributed by atoms with van der Waals surface area (Å²) in [5, 5.41) is 0. The van der Waals surface area contributed by atoms with Gasteiger partial charge in [0.05, 0.1) is 13.0 Å². The molecule has 0 bridgehead atoms. The van der Waals surface area contributed by atoms with E-state index in [1.54, 1.807) is 6.92 Å². The lowest BCUT2D eigenvalue weighted by Gasteiger charge is -2.20. The molecule has 1 rings (SSSR count). The average molecular weight is 277 g/mol. The van der Waals surface area contributed by atoms with Crippen LogP contribution in [0.1, 0.15) is 12.6 Å². The van der Waals surface area contributed by atoms with E-state index in [1.807, 2.05) is 0 Å². The lowest BCUT2D eigenvalue weighted by Crippen LogP contribution is -2.30. The number of ether oxygens (including phenoxy) is 1. The molecule has 0 saturated heterocycles. The van der Waals surface area contributed by atoms with Gasteiger partial charge in [0.2, 0.25) is 5.95 Å². The first-order valence-electron chi connectivity index (χ1n) is 5.45. The molecule has 0 fully saturated rings. The van der Waals surface area contributed by atoms with Gasteiger partial charge in [-0.05, 0) is 6.07 Å². The van der Waals surface area contributed by atoms with Gasteiger partial charge in [-0.25, -0.2) is 9.97 Å². The fourth-order valence-electron chi connectivity index (χ4n) is 1.46. The maximum atomic E-state index is 12.5. The first-order chi connectivity index (χ1) is 8.75. The average Bonchev–Trinajstić information content (AvgIpc) is 2.36. The number of carbonyl (C=O) groups is 1. The fourth-order valence-corrected chi connectivity index (χ4v) is 1.46. The summed E-state index contributed by atoms with van der Waals surface area (Å²) in [6.07, 6.45) is -3.49. The molecule has 1 aromatic rings. The Hall–Kier alpha value is -1.86. The normalized spacial score (nSPS) is 12.9. The zero-order valence-electron chi connectivity index (χ0n) is 10.7. The van der Waals surface area contributed by atoms with Crippen LogP contribution in [-0.2, 0) is 15.7 Å². The molecule has 106 valence electrons. The van der Waals surface area contributed by atoms with Gasteiger partial charge in [0.15, 0.2) is 0 Å². The number of hydrogen-bond acceptors (Lipinski definition) is 5. The summed E-state index contributed by atoms with van der Waals surface area (Å²) in [7, 11) is 2.76. The number of halogens is 3. The minimum absolute atomic E-state index is 0.0921. The Bertz CT molecular complexity index is 451. The van der Waals surface area contributed by atoms with Crippen molar-refractivity contribution in [3.8, 4) is 0 Å². The topological polar surface area (TPSA) is 55.3 Å². The summed E-state index contributed by atoms with van der Waals surface area (Å²) >= 11 is 0. The number of hydrogen-bond donors (Lipinski definition) is 0. The maximum absolute atomic E-state index is 12.5. The van der Waals surface area contributed by atoms with Gasteiger partial charge in [0.1, 0.15) is 5.69 Å². The van der Waals surface area contributed by atoms with Gasteiger partial charge in [0.25, 0.3) is 0 Å². The molecule has 0 spiro atoms. The van der Waals surface area contributed by atoms with Crippen LogP contribution in [0, 0.1) is 5.92 Å². The van der Waals surface area contributed by atoms with E-state index in [1.165, 1.54) is 19.1 Å². The number of aromatic nitrogens is 2. The number of esters is 1. The molecule has 1 heterocycles. The molecular formula is C11H14F3N3O2. The zero-order valence-corrected chi connectivity index (χ0v) is 10.7. The van der Waals surface area contributed by atoms with Crippen LogP contribution < -0.4 is 4.90 Å². The Labute approximate surface area is 108 Å². The third kappa shape index (κ3) is 4.08. The van der Waals surface area contributed by atoms with Crippen LogP contribution in [0.2, 0.25) is 0 Å². The second kappa shape index (κ2) is 5.85. The molecule has 8 heteroatoms. The second-order valence-corrected chi connectivity index (χ2v) is 4.04. The summed E-state index contributed by atoms with van der Waals surface area (Å²) < 4.78 is 42.0. The monoisotopic (exact) mass is 277 g/mol. The first kappa shape index (κ1) is 15.2. The Morgan fingerprint density at radius 3 is 2.68 bits per heavy atom. The second-order valence-electron chi connectivity index (χ2n) is 4.04. The van der Waals surface area contributed by atoms with E-state index in [0.717, 1.165) is 12.3 Å². The minimum Gasteiger partial charge on any atom is -0.469 e. The van der Waals surface area contributed by atoms with Crippen LogP contribution >= 0.6 is 0 Å². The molecule has 19 heavy (non-hydrogen) atoms. The highest BCUT2D eigenvalue weighted by molar-refractivity contribution is 5.72. The van der Waals surface area contributed by atoms with Gasteiger partial charge in [0, 0.05) is 19.8 Å². The molecule has 0 radical (unpaired) electrons. The molecule has 0 N–H and O–H groups in total. The Kier molecular flexibility index (Phi) is 4.68. The van der Waals surface area contributed by atoms with Crippen LogP contribution in [-0.4, -0.2) is 36.6 Å². The quantitative estimate of drug-likeness (QED) is 0.785. The molecule has 0 aromatic carbocycles. The molecule has 0 aliphatic rings. The Balaban J connectivity index is 2.83. The minimum atomic E-state index is -4.52. The number of alkyl halides is 3. The van der Waals surface area contributed by atoms with Crippen LogP contribution in [0.25, 0.3) is 0 Å². The van der Waals surface area contributed by atoms with Crippen LogP contribution in [0.4, 0.5) is 19.1 Å². The molecule has 5 nitrogen and oxygen atoms in total. The van der Waals surface area contributed by atoms with Crippen LogP contribution in [0.15, 0.2) is 12.3 Å². The molecule has 0 aliphatic carbocycles. The van der Waals surface area contributed by atoms with Gasteiger partial charge < -0.3 is 9.64 Å². The van der Waals surface area contributed by atoms with E-state index in [2.05, 4.69) is 14.7 Å². The highest BCUT2D eigenvalue weighted by Gasteiger charge is 2.33. The predicted molar refractivity (Wildman–Crippen MR) is 61.5 cm³/mol. The van der Waals surface area contributed by atoms with Crippen molar-refractivity contribution in [1.82, 2.24) is 9.97 Å². The molecule has 0 aliphatic heterocycles. The Morgan fingerprint density at radius 1 is 1.53 bits per heavy atom. The summed E-state index contributed by atoms with van der Waals surface area (Å²) in [4.78, 5) is 19.8. The van der Waals surface area contributed by atoms with Crippen molar-refractivity contribution in [3.63, 3.8) is 0 Å². The Morgan fingerprint density at radius 2 is 2.16 bits per heavy atom. The highest BCUT2D eigenvalue weighted by Crippen LogP contribution is 2.28. The largest absolute Gasteiger partial charge is 0.469 e. The van der Waals surface area contributed by atoms with Crippen molar-refractivity contribution >= 4 is 11.9 Å². The molecular weight excluding hydrogens is 263 g/mol. The van der Waals surface area contributed by atoms with Crippen molar-refractivity contribution in [2.75, 3.05) is 25.6 Å². The van der Waals surface area contributed by atoms with Gasteiger partial charge in [-0.1, -0.05) is 6.92 Å². The number of nitrogens with zero attached hydrogens (tertiary/aromatic N) is 3. The number of rotatable bonds is 4. The summed E-state index contributed by atoms with van der Waals surface area (Å²) in [5.74, 6) is -1.03. The maximum Gasteiger partial charge on any atom is 0.433 e. The standard InChI is InChI=1S/C11H14F3N3O2/c1-7(9(18)19-3)6-17(2)10-15-5-4-8(16-10)11(12,13)14/h4-5,7H,6H2,1-3H3. The van der Waals surface area contributed by atoms with Crippen LogP contribution in [0.5, 0.6) is 0 Å². The smallest absolute Gasteiger partial charge is 0.433 e. The molecule has 1 atom stereocenters. The van der Waals surface area contributed by atoms with Crippen LogP contribution in [0.3, 0.4) is 0 Å². The SMILES string of the molecule is COC(=O)C(C)CN(C)c1nccc(C(F)(F)F)n1. The number of anilines is 1. The van der Waals surface area contributed by atoms with Gasteiger partial charge in [-0.2, -0.15) is 13.2 Å². The van der Waals surface area contributed by atoms with E-state index in [9.17, 15) is 18.0 Å². The first-order valence-corrected chi connectivity index (χ1v) is 5.45. The van der Waals surface area contributed by atoms with Gasteiger partial charge >= 0.3 is 12.1 Å². The van der Waals surface area contributed by atoms with Crippen molar-refractivity contribution < 1.29 is 22.7 Å². The summed E-state index contributed by atoms with van der Waals surface area (Å²) in [5.41, 5.74) is -1.02. The lowest BCUT2D eigenvalue weighted by atomic mass is 10.2. The van der Waals surface area contributed by atoms with Gasteiger partial charge in [-0.3, -0.25) is 4.79 Å². The van der Waals surface area contributed by atoms with Crippen molar-refractivity contribution in [2.24, 2.45) is 5.92 Å². The van der Waals surface area contributed by atoms with E-state index in [4.69, 9.17) is 0 Å². The predicted octanol–water partition coefficient (Wildman–Crippen LogP) is 1.74. The van der Waals surface area contributed by atoms with Crippen molar-refractivity contribution in [1.29, 1.82) is 0 Å². The van der Waals surface area contributed by atoms with E-state index >= 15 is 0 Å². The molecule has 0 amide bonds. The van der Waals surface area contributed by atoms with Crippen molar-refractivity contribution in [2.45, 2.75) is 13.1 Å².